The number of aromatic nitrogens is 2. The minimum absolute atomic E-state index is 0.547. The molecule has 14 heavy (non-hydrogen) atoms. The van der Waals surface area contributed by atoms with Crippen LogP contribution in [0.3, 0.4) is 0 Å². The SMILES string of the molecule is Clc1ccncc1NCc1cnco1. The van der Waals surface area contributed by atoms with Crippen molar-refractivity contribution in [2.45, 2.75) is 6.54 Å². The second-order valence-corrected chi connectivity index (χ2v) is 3.08. The van der Waals surface area contributed by atoms with Crippen LogP contribution in [0.2, 0.25) is 5.02 Å². The average molecular weight is 210 g/mol. The molecule has 1 N–H and O–H groups in total. The van der Waals surface area contributed by atoms with Gasteiger partial charge in [0.1, 0.15) is 5.76 Å². The van der Waals surface area contributed by atoms with Crippen LogP contribution in [0.25, 0.3) is 0 Å². The highest BCUT2D eigenvalue weighted by atomic mass is 35.5. The second-order valence-electron chi connectivity index (χ2n) is 2.68. The topological polar surface area (TPSA) is 51.0 Å². The maximum absolute atomic E-state index is 5.92. The Kier molecular flexibility index (Phi) is 2.65. The third-order valence-electron chi connectivity index (χ3n) is 1.70. The lowest BCUT2D eigenvalue weighted by molar-refractivity contribution is 0.511. The average Bonchev–Trinajstić information content (AvgIpc) is 2.69. The van der Waals surface area contributed by atoms with E-state index in [0.717, 1.165) is 11.4 Å². The van der Waals surface area contributed by atoms with Crippen molar-refractivity contribution < 1.29 is 4.42 Å². The third-order valence-corrected chi connectivity index (χ3v) is 2.03. The number of hydrogen-bond acceptors (Lipinski definition) is 4. The van der Waals surface area contributed by atoms with Crippen molar-refractivity contribution in [2.75, 3.05) is 5.32 Å². The van der Waals surface area contributed by atoms with E-state index in [1.165, 1.54) is 6.39 Å². The van der Waals surface area contributed by atoms with Gasteiger partial charge in [0, 0.05) is 6.20 Å². The summed E-state index contributed by atoms with van der Waals surface area (Å²) in [7, 11) is 0. The van der Waals surface area contributed by atoms with E-state index < -0.39 is 0 Å². The van der Waals surface area contributed by atoms with Crippen molar-refractivity contribution in [3.05, 3.63) is 41.8 Å². The summed E-state index contributed by atoms with van der Waals surface area (Å²) in [5, 5.41) is 3.73. The lowest BCUT2D eigenvalue weighted by atomic mass is 10.4. The van der Waals surface area contributed by atoms with E-state index >= 15 is 0 Å². The van der Waals surface area contributed by atoms with Gasteiger partial charge in [-0.3, -0.25) is 4.98 Å². The van der Waals surface area contributed by atoms with E-state index in [1.807, 2.05) is 0 Å². The molecule has 0 aliphatic heterocycles. The van der Waals surface area contributed by atoms with Crippen molar-refractivity contribution in [2.24, 2.45) is 0 Å². The fraction of sp³-hybridized carbons (Fsp3) is 0.111. The van der Waals surface area contributed by atoms with Crippen molar-refractivity contribution in [1.82, 2.24) is 9.97 Å². The molecule has 0 saturated carbocycles. The molecule has 2 aromatic rings. The van der Waals surface area contributed by atoms with Gasteiger partial charge in [-0.2, -0.15) is 0 Å². The zero-order valence-electron chi connectivity index (χ0n) is 7.27. The van der Waals surface area contributed by atoms with Gasteiger partial charge in [-0.05, 0) is 6.07 Å². The molecule has 0 atom stereocenters. The van der Waals surface area contributed by atoms with Crippen molar-refractivity contribution >= 4 is 17.3 Å². The molecule has 4 nitrogen and oxygen atoms in total. The summed E-state index contributed by atoms with van der Waals surface area (Å²) in [6.45, 7) is 0.547. The van der Waals surface area contributed by atoms with Crippen LogP contribution in [0.1, 0.15) is 5.76 Å². The molecule has 0 aromatic carbocycles. The summed E-state index contributed by atoms with van der Waals surface area (Å²) in [4.78, 5) is 7.75. The highest BCUT2D eigenvalue weighted by Crippen LogP contribution is 2.19. The van der Waals surface area contributed by atoms with Gasteiger partial charge in [-0.15, -0.1) is 0 Å². The predicted molar refractivity (Wildman–Crippen MR) is 53.1 cm³/mol. The molecule has 0 amide bonds. The van der Waals surface area contributed by atoms with Crippen LogP contribution in [-0.4, -0.2) is 9.97 Å². The summed E-state index contributed by atoms with van der Waals surface area (Å²) >= 11 is 5.92. The quantitative estimate of drug-likeness (QED) is 0.843. The molecule has 0 aliphatic carbocycles. The molecule has 0 radical (unpaired) electrons. The van der Waals surface area contributed by atoms with Gasteiger partial charge in [-0.1, -0.05) is 11.6 Å². The Morgan fingerprint density at radius 1 is 1.36 bits per heavy atom. The molecular weight excluding hydrogens is 202 g/mol. The Morgan fingerprint density at radius 3 is 3.00 bits per heavy atom. The number of rotatable bonds is 3. The molecule has 0 aliphatic rings. The van der Waals surface area contributed by atoms with E-state index in [9.17, 15) is 0 Å². The zero-order chi connectivity index (χ0) is 9.80. The first kappa shape index (κ1) is 9.02. The van der Waals surface area contributed by atoms with Gasteiger partial charge in [-0.25, -0.2) is 4.98 Å². The zero-order valence-corrected chi connectivity index (χ0v) is 8.03. The first-order valence-electron chi connectivity index (χ1n) is 4.07. The first-order chi connectivity index (χ1) is 6.86. The van der Waals surface area contributed by atoms with Crippen LogP contribution < -0.4 is 5.32 Å². The number of pyridine rings is 1. The van der Waals surface area contributed by atoms with Crippen molar-refractivity contribution in [3.8, 4) is 0 Å². The summed E-state index contributed by atoms with van der Waals surface area (Å²) in [6, 6.07) is 1.73. The Balaban J connectivity index is 2.02. The number of anilines is 1. The Morgan fingerprint density at radius 2 is 2.29 bits per heavy atom. The highest BCUT2D eigenvalue weighted by molar-refractivity contribution is 6.33. The minimum atomic E-state index is 0.547. The van der Waals surface area contributed by atoms with E-state index in [-0.39, 0.29) is 0 Å². The fourth-order valence-electron chi connectivity index (χ4n) is 1.02. The van der Waals surface area contributed by atoms with Gasteiger partial charge >= 0.3 is 0 Å². The van der Waals surface area contributed by atoms with Crippen LogP contribution in [-0.2, 0) is 6.54 Å². The van der Waals surface area contributed by atoms with Gasteiger partial charge in [0.2, 0.25) is 0 Å². The van der Waals surface area contributed by atoms with E-state index in [4.69, 9.17) is 16.0 Å². The summed E-state index contributed by atoms with van der Waals surface area (Å²) < 4.78 is 5.06. The summed E-state index contributed by atoms with van der Waals surface area (Å²) in [5.41, 5.74) is 0.783. The predicted octanol–water partition coefficient (Wildman–Crippen LogP) is 2.34. The van der Waals surface area contributed by atoms with Gasteiger partial charge in [0.15, 0.2) is 6.39 Å². The summed E-state index contributed by atoms with van der Waals surface area (Å²) in [5.74, 6) is 0.755. The molecule has 2 rings (SSSR count). The lowest BCUT2D eigenvalue weighted by Crippen LogP contribution is -1.98. The number of hydrogen-bond donors (Lipinski definition) is 1. The minimum Gasteiger partial charge on any atom is -0.447 e. The molecule has 0 bridgehead atoms. The second kappa shape index (κ2) is 4.11. The Bertz CT molecular complexity index is 402. The first-order valence-corrected chi connectivity index (χ1v) is 4.45. The van der Waals surface area contributed by atoms with Gasteiger partial charge in [0.25, 0.3) is 0 Å². The largest absolute Gasteiger partial charge is 0.447 e. The van der Waals surface area contributed by atoms with Crippen LogP contribution in [0, 0.1) is 0 Å². The van der Waals surface area contributed by atoms with Crippen LogP contribution in [0.5, 0.6) is 0 Å². The highest BCUT2D eigenvalue weighted by Gasteiger charge is 2.00. The molecule has 0 unspecified atom stereocenters. The Labute approximate surface area is 85.9 Å². The Hall–Kier alpha value is -1.55. The number of nitrogens with one attached hydrogen (secondary N) is 1. The normalized spacial score (nSPS) is 10.1. The third kappa shape index (κ3) is 2.03. The monoisotopic (exact) mass is 209 g/mol. The summed E-state index contributed by atoms with van der Waals surface area (Å²) in [6.07, 6.45) is 6.35. The van der Waals surface area contributed by atoms with Gasteiger partial charge < -0.3 is 9.73 Å². The molecule has 72 valence electrons. The molecule has 5 heteroatoms. The molecule has 0 fully saturated rings. The molecule has 0 spiro atoms. The van der Waals surface area contributed by atoms with Crippen molar-refractivity contribution in [1.29, 1.82) is 0 Å². The van der Waals surface area contributed by atoms with Crippen molar-refractivity contribution in [3.63, 3.8) is 0 Å². The number of halogens is 1. The fourth-order valence-corrected chi connectivity index (χ4v) is 1.19. The molecule has 2 aromatic heterocycles. The number of oxazole rings is 1. The lowest BCUT2D eigenvalue weighted by Gasteiger charge is -2.04. The van der Waals surface area contributed by atoms with Crippen LogP contribution >= 0.6 is 11.6 Å². The molecule has 2 heterocycles. The van der Waals surface area contributed by atoms with Gasteiger partial charge in [0.05, 0.1) is 29.6 Å². The van der Waals surface area contributed by atoms with E-state index in [2.05, 4.69) is 15.3 Å². The van der Waals surface area contributed by atoms with E-state index in [0.29, 0.717) is 11.6 Å². The standard InChI is InChI=1S/C9H8ClN3O/c10-8-1-2-11-5-9(8)13-4-7-3-12-6-14-7/h1-3,5-6,13H,4H2. The van der Waals surface area contributed by atoms with Crippen LogP contribution in [0.15, 0.2) is 35.5 Å². The smallest absolute Gasteiger partial charge is 0.180 e. The maximum Gasteiger partial charge on any atom is 0.180 e. The molecule has 0 saturated heterocycles. The van der Waals surface area contributed by atoms with E-state index in [1.54, 1.807) is 24.7 Å². The molecular formula is C9H8ClN3O. The number of nitrogens with zero attached hydrogens (tertiary/aromatic N) is 2. The van der Waals surface area contributed by atoms with Crippen LogP contribution in [0.4, 0.5) is 5.69 Å². The maximum atomic E-state index is 5.92.